The molecule has 0 fully saturated rings. The summed E-state index contributed by atoms with van der Waals surface area (Å²) < 4.78 is 16.8. The Morgan fingerprint density at radius 2 is 0.541 bits per heavy atom. The lowest BCUT2D eigenvalue weighted by Gasteiger charge is -2.18. The first kappa shape index (κ1) is 58.9. The summed E-state index contributed by atoms with van der Waals surface area (Å²) >= 11 is 0. The maximum Gasteiger partial charge on any atom is 0.306 e. The van der Waals surface area contributed by atoms with Gasteiger partial charge in [0.1, 0.15) is 13.2 Å². The molecule has 0 aliphatic carbocycles. The summed E-state index contributed by atoms with van der Waals surface area (Å²) in [7, 11) is 0. The quantitative estimate of drug-likeness (QED) is 0.0262. The molecular weight excluding hydrogens is 757 g/mol. The molecule has 0 aliphatic heterocycles. The van der Waals surface area contributed by atoms with E-state index >= 15 is 0 Å². The maximum atomic E-state index is 12.8. The fourth-order valence-electron chi connectivity index (χ4n) is 7.84. The van der Waals surface area contributed by atoms with Crippen LogP contribution in [0.15, 0.2) is 24.3 Å². The average molecular weight is 859 g/mol. The molecule has 0 aliphatic rings. The van der Waals surface area contributed by atoms with E-state index in [0.717, 1.165) is 64.2 Å². The second-order valence-electron chi connectivity index (χ2n) is 18.1. The normalized spacial score (nSPS) is 12.1. The molecule has 0 aromatic heterocycles. The molecule has 0 aromatic carbocycles. The van der Waals surface area contributed by atoms with E-state index in [4.69, 9.17) is 14.2 Å². The van der Waals surface area contributed by atoms with Gasteiger partial charge in [-0.1, -0.05) is 225 Å². The minimum absolute atomic E-state index is 0.0721. The van der Waals surface area contributed by atoms with Crippen LogP contribution in [0, 0.1) is 0 Å². The Balaban J connectivity index is 4.25. The number of carbonyl (C=O) groups is 3. The number of ether oxygens (including phenoxy) is 3. The van der Waals surface area contributed by atoms with Gasteiger partial charge in [0.05, 0.1) is 0 Å². The van der Waals surface area contributed by atoms with Gasteiger partial charge in [0, 0.05) is 19.3 Å². The lowest BCUT2D eigenvalue weighted by atomic mass is 10.1. The summed E-state index contributed by atoms with van der Waals surface area (Å²) in [4.78, 5) is 37.9. The average Bonchev–Trinajstić information content (AvgIpc) is 3.26. The molecule has 358 valence electrons. The number of unbranched alkanes of at least 4 members (excludes halogenated alkanes) is 34. The van der Waals surface area contributed by atoms with Gasteiger partial charge in [-0.25, -0.2) is 0 Å². The number of hydrogen-bond donors (Lipinski definition) is 0. The van der Waals surface area contributed by atoms with Gasteiger partial charge in [-0.3, -0.25) is 14.4 Å². The highest BCUT2D eigenvalue weighted by molar-refractivity contribution is 5.71. The lowest BCUT2D eigenvalue weighted by molar-refractivity contribution is -0.167. The molecule has 0 bridgehead atoms. The highest BCUT2D eigenvalue weighted by atomic mass is 16.6. The predicted octanol–water partition coefficient (Wildman–Crippen LogP) is 17.5. The topological polar surface area (TPSA) is 78.9 Å². The van der Waals surface area contributed by atoms with E-state index in [1.165, 1.54) is 186 Å². The smallest absolute Gasteiger partial charge is 0.306 e. The Morgan fingerprint density at radius 1 is 0.311 bits per heavy atom. The van der Waals surface area contributed by atoms with Gasteiger partial charge in [-0.15, -0.1) is 0 Å². The Hall–Kier alpha value is -2.11. The minimum Gasteiger partial charge on any atom is -0.462 e. The summed E-state index contributed by atoms with van der Waals surface area (Å²) in [5.41, 5.74) is 0. The summed E-state index contributed by atoms with van der Waals surface area (Å²) in [6, 6.07) is 0. The zero-order valence-corrected chi connectivity index (χ0v) is 40.9. The van der Waals surface area contributed by atoms with Crippen molar-refractivity contribution in [3.05, 3.63) is 24.3 Å². The summed E-state index contributed by atoms with van der Waals surface area (Å²) in [6.07, 6.45) is 57.4. The Bertz CT molecular complexity index is 989. The number of esters is 3. The molecule has 0 aromatic rings. The van der Waals surface area contributed by atoms with E-state index in [1.54, 1.807) is 0 Å². The standard InChI is InChI=1S/C55H102O6/c1-4-7-10-13-16-19-21-23-25-27-28-29-31-32-34-36-39-42-45-48-54(57)60-51-52(50-59-53(56)47-44-41-38-18-15-12-9-6-3)61-55(58)49-46-43-40-37-35-33-30-26-24-22-20-17-14-11-8-5-2/h23,25-26,30,52H,4-22,24,27-29,31-51H2,1-3H3/b25-23-,30-26-. The Labute approximate surface area is 379 Å². The molecule has 0 saturated heterocycles. The Morgan fingerprint density at radius 3 is 0.820 bits per heavy atom. The van der Waals surface area contributed by atoms with Crippen LogP contribution in [-0.4, -0.2) is 37.2 Å². The molecule has 1 unspecified atom stereocenters. The van der Waals surface area contributed by atoms with Gasteiger partial charge < -0.3 is 14.2 Å². The van der Waals surface area contributed by atoms with Gasteiger partial charge in [0.2, 0.25) is 0 Å². The SMILES string of the molecule is CCCCCCCC/C=C\CCCCCCCCCCCC(=O)OCC(COC(=O)CCCCCCCCCC)OC(=O)CCCCCCC/C=C\CCCCCCCCC. The van der Waals surface area contributed by atoms with E-state index in [9.17, 15) is 14.4 Å². The van der Waals surface area contributed by atoms with Crippen LogP contribution in [0.5, 0.6) is 0 Å². The van der Waals surface area contributed by atoms with Crippen LogP contribution in [0.4, 0.5) is 0 Å². The highest BCUT2D eigenvalue weighted by Gasteiger charge is 2.19. The molecule has 0 rings (SSSR count). The lowest BCUT2D eigenvalue weighted by Crippen LogP contribution is -2.30. The van der Waals surface area contributed by atoms with E-state index < -0.39 is 6.10 Å². The molecule has 0 saturated carbocycles. The molecule has 61 heavy (non-hydrogen) atoms. The monoisotopic (exact) mass is 859 g/mol. The van der Waals surface area contributed by atoms with Crippen molar-refractivity contribution in [2.75, 3.05) is 13.2 Å². The van der Waals surface area contributed by atoms with E-state index in [0.29, 0.717) is 19.3 Å². The molecule has 6 nitrogen and oxygen atoms in total. The van der Waals surface area contributed by atoms with Gasteiger partial charge in [-0.2, -0.15) is 0 Å². The molecular formula is C55H102O6. The predicted molar refractivity (Wildman–Crippen MR) is 261 cm³/mol. The first-order valence-electron chi connectivity index (χ1n) is 26.8. The van der Waals surface area contributed by atoms with Gasteiger partial charge >= 0.3 is 17.9 Å². The zero-order chi connectivity index (χ0) is 44.4. The largest absolute Gasteiger partial charge is 0.462 e. The second kappa shape index (κ2) is 50.5. The van der Waals surface area contributed by atoms with Crippen molar-refractivity contribution in [3.8, 4) is 0 Å². The molecule has 1 atom stereocenters. The number of allylic oxidation sites excluding steroid dienone is 4. The van der Waals surface area contributed by atoms with Crippen molar-refractivity contribution in [3.63, 3.8) is 0 Å². The van der Waals surface area contributed by atoms with Gasteiger partial charge in [-0.05, 0) is 70.6 Å². The molecule has 0 spiro atoms. The van der Waals surface area contributed by atoms with Crippen LogP contribution in [0.2, 0.25) is 0 Å². The number of hydrogen-bond acceptors (Lipinski definition) is 6. The van der Waals surface area contributed by atoms with Crippen molar-refractivity contribution in [1.82, 2.24) is 0 Å². The summed E-state index contributed by atoms with van der Waals surface area (Å²) in [5.74, 6) is -0.874. The molecule has 0 N–H and O–H groups in total. The van der Waals surface area contributed by atoms with Crippen molar-refractivity contribution >= 4 is 17.9 Å². The van der Waals surface area contributed by atoms with Crippen molar-refractivity contribution in [2.24, 2.45) is 0 Å². The first-order valence-corrected chi connectivity index (χ1v) is 26.8. The summed E-state index contributed by atoms with van der Waals surface area (Å²) in [6.45, 7) is 6.62. The van der Waals surface area contributed by atoms with Crippen LogP contribution in [0.1, 0.15) is 290 Å². The van der Waals surface area contributed by atoms with Crippen molar-refractivity contribution < 1.29 is 28.6 Å². The Kier molecular flexibility index (Phi) is 48.8. The van der Waals surface area contributed by atoms with E-state index in [1.807, 2.05) is 0 Å². The summed E-state index contributed by atoms with van der Waals surface area (Å²) in [5, 5.41) is 0. The third-order valence-corrected chi connectivity index (χ3v) is 11.9. The number of carbonyl (C=O) groups excluding carboxylic acids is 3. The fraction of sp³-hybridized carbons (Fsp3) is 0.873. The third-order valence-electron chi connectivity index (χ3n) is 11.9. The van der Waals surface area contributed by atoms with Gasteiger partial charge in [0.15, 0.2) is 6.10 Å². The zero-order valence-electron chi connectivity index (χ0n) is 40.9. The van der Waals surface area contributed by atoms with Crippen LogP contribution in [0.3, 0.4) is 0 Å². The van der Waals surface area contributed by atoms with Crippen molar-refractivity contribution in [1.29, 1.82) is 0 Å². The van der Waals surface area contributed by atoms with Gasteiger partial charge in [0.25, 0.3) is 0 Å². The van der Waals surface area contributed by atoms with Crippen LogP contribution >= 0.6 is 0 Å². The first-order chi connectivity index (χ1) is 30.0. The molecule has 0 amide bonds. The van der Waals surface area contributed by atoms with Crippen molar-refractivity contribution in [2.45, 2.75) is 297 Å². The molecule has 0 heterocycles. The second-order valence-corrected chi connectivity index (χ2v) is 18.1. The fourth-order valence-corrected chi connectivity index (χ4v) is 7.84. The maximum absolute atomic E-state index is 12.8. The van der Waals surface area contributed by atoms with Crippen LogP contribution < -0.4 is 0 Å². The highest BCUT2D eigenvalue weighted by Crippen LogP contribution is 2.15. The minimum atomic E-state index is -0.770. The molecule has 0 radical (unpaired) electrons. The molecule has 6 heteroatoms. The van der Waals surface area contributed by atoms with Crippen LogP contribution in [-0.2, 0) is 28.6 Å². The van der Waals surface area contributed by atoms with E-state index in [-0.39, 0.29) is 31.1 Å². The van der Waals surface area contributed by atoms with Crippen LogP contribution in [0.25, 0.3) is 0 Å². The third kappa shape index (κ3) is 48.8. The number of rotatable bonds is 49. The van der Waals surface area contributed by atoms with E-state index in [2.05, 4.69) is 45.1 Å².